The molecule has 1 radical (unpaired) electrons. The van der Waals surface area contributed by atoms with Gasteiger partial charge in [0.25, 0.3) is 0 Å². The molecule has 0 saturated heterocycles. The zero-order valence-corrected chi connectivity index (χ0v) is 24.1. The first-order valence-corrected chi connectivity index (χ1v) is 12.7. The second-order valence-corrected chi connectivity index (χ2v) is 10.2. The summed E-state index contributed by atoms with van der Waals surface area (Å²) in [6.07, 6.45) is -16.9. The molecule has 0 bridgehead atoms. The minimum Gasteiger partial charge on any atom is -0.436 e. The summed E-state index contributed by atoms with van der Waals surface area (Å²) in [6.45, 7) is 0. The minimum absolute atomic E-state index is 0. The molecule has 0 aliphatic rings. The predicted molar refractivity (Wildman–Crippen MR) is 138 cm³/mol. The van der Waals surface area contributed by atoms with Crippen LogP contribution in [0.5, 0.6) is 11.6 Å². The predicted octanol–water partition coefficient (Wildman–Crippen LogP) is 10.3. The molecule has 14 heteroatoms. The van der Waals surface area contributed by atoms with Crippen molar-refractivity contribution in [2.24, 2.45) is 0 Å². The number of rotatable bonds is 3. The summed E-state index contributed by atoms with van der Waals surface area (Å²) >= 11 is 1.32. The van der Waals surface area contributed by atoms with E-state index in [1.165, 1.54) is 17.4 Å². The normalized spacial score (nSPS) is 12.6. The summed E-state index contributed by atoms with van der Waals surface area (Å²) in [6, 6.07) is 19.6. The Balaban J connectivity index is 0.00000368. The summed E-state index contributed by atoms with van der Waals surface area (Å²) < 4.78 is 129. The van der Waals surface area contributed by atoms with Crippen LogP contribution >= 0.6 is 11.3 Å². The molecule has 6 rings (SSSR count). The van der Waals surface area contributed by atoms with Gasteiger partial charge < -0.3 is 4.74 Å². The monoisotopic (exact) mass is 800 g/mol. The zero-order valence-electron chi connectivity index (χ0n) is 20.9. The molecule has 0 saturated carbocycles. The number of ether oxygens (including phenoxy) is 1. The molecule has 0 aliphatic heterocycles. The first kappa shape index (κ1) is 30.7. The van der Waals surface area contributed by atoms with E-state index in [0.29, 0.717) is 21.0 Å². The average molecular weight is 800 g/mol. The molecule has 0 N–H and O–H groups in total. The summed E-state index contributed by atoms with van der Waals surface area (Å²) in [7, 11) is 0. The molecule has 2 aromatic heterocycles. The average Bonchev–Trinajstić information content (AvgIpc) is 3.34. The minimum atomic E-state index is -5.73. The van der Waals surface area contributed by atoms with Crippen LogP contribution in [0, 0.1) is 6.07 Å². The maximum absolute atomic E-state index is 13.9. The molecule has 2 heterocycles. The van der Waals surface area contributed by atoms with Crippen molar-refractivity contribution >= 4 is 43.0 Å². The van der Waals surface area contributed by atoms with Crippen LogP contribution < -0.4 is 4.74 Å². The third kappa shape index (κ3) is 5.78. The number of thiophene rings is 1. The van der Waals surface area contributed by atoms with E-state index in [-0.39, 0.29) is 37.3 Å². The number of alkyl halides is 9. The van der Waals surface area contributed by atoms with Crippen molar-refractivity contribution in [1.82, 2.24) is 10.2 Å². The van der Waals surface area contributed by atoms with Crippen LogP contribution in [-0.2, 0) is 38.6 Å². The molecule has 0 amide bonds. The van der Waals surface area contributed by atoms with E-state index >= 15 is 0 Å². The first-order chi connectivity index (χ1) is 19.7. The van der Waals surface area contributed by atoms with Crippen LogP contribution in [0.15, 0.2) is 72.8 Å². The molecule has 3 nitrogen and oxygen atoms in total. The number of benzene rings is 4. The van der Waals surface area contributed by atoms with Gasteiger partial charge in [0.15, 0.2) is 0 Å². The van der Waals surface area contributed by atoms with E-state index in [1.807, 2.05) is 18.2 Å². The second kappa shape index (κ2) is 10.8. The van der Waals surface area contributed by atoms with E-state index < -0.39 is 52.9 Å². The Morgan fingerprint density at radius 3 is 1.79 bits per heavy atom. The van der Waals surface area contributed by atoms with Gasteiger partial charge in [-0.05, 0) is 43.9 Å². The molecular formula is C29H12F9IrN2OS-. The van der Waals surface area contributed by atoms with E-state index in [1.54, 1.807) is 36.4 Å². The van der Waals surface area contributed by atoms with Gasteiger partial charge in [0.1, 0.15) is 5.75 Å². The van der Waals surface area contributed by atoms with Crippen molar-refractivity contribution < 1.29 is 64.4 Å². The van der Waals surface area contributed by atoms with Crippen LogP contribution in [0.2, 0.25) is 0 Å². The van der Waals surface area contributed by atoms with Crippen LogP contribution in [0.4, 0.5) is 39.5 Å². The van der Waals surface area contributed by atoms with Crippen LogP contribution in [0.25, 0.3) is 42.2 Å². The van der Waals surface area contributed by atoms with Gasteiger partial charge in [0.05, 0.1) is 16.7 Å². The summed E-state index contributed by atoms with van der Waals surface area (Å²) in [4.78, 5) is 0.528. The van der Waals surface area contributed by atoms with Gasteiger partial charge in [0, 0.05) is 31.2 Å². The molecule has 0 aliphatic carbocycles. The van der Waals surface area contributed by atoms with Crippen molar-refractivity contribution in [2.45, 2.75) is 18.5 Å². The van der Waals surface area contributed by atoms with Crippen molar-refractivity contribution in [3.63, 3.8) is 0 Å². The Morgan fingerprint density at radius 1 is 0.628 bits per heavy atom. The van der Waals surface area contributed by atoms with Gasteiger partial charge in [-0.1, -0.05) is 42.5 Å². The summed E-state index contributed by atoms with van der Waals surface area (Å²) in [5, 5.41) is 10.5. The van der Waals surface area contributed by atoms with Gasteiger partial charge in [-0.25, -0.2) is 11.3 Å². The maximum Gasteiger partial charge on any atom is 0.420 e. The number of halogens is 9. The van der Waals surface area contributed by atoms with Crippen LogP contribution in [-0.4, -0.2) is 10.2 Å². The fourth-order valence-electron chi connectivity index (χ4n) is 4.54. The third-order valence-corrected chi connectivity index (χ3v) is 7.49. The zero-order chi connectivity index (χ0) is 30.0. The molecule has 0 unspecified atom stereocenters. The van der Waals surface area contributed by atoms with E-state index in [9.17, 15) is 39.5 Å². The SMILES string of the molecule is FC(F)(F)c1cc(C(F)(F)F)c(C(F)(F)F)cc1Oc1nnc(-c2[c-]c3ccccc3s2)c2cc3ccccc3cc12.[Ir]. The van der Waals surface area contributed by atoms with Gasteiger partial charge in [-0.15, -0.1) is 28.7 Å². The van der Waals surface area contributed by atoms with Gasteiger partial charge >= 0.3 is 18.5 Å². The topological polar surface area (TPSA) is 35.0 Å². The van der Waals surface area contributed by atoms with Crippen LogP contribution in [0.1, 0.15) is 16.7 Å². The molecule has 6 aromatic rings. The number of aromatic nitrogens is 2. The number of hydrogen-bond donors (Lipinski definition) is 0. The molecule has 0 spiro atoms. The Bertz CT molecular complexity index is 1970. The maximum atomic E-state index is 13.9. The molecular weight excluding hydrogens is 788 g/mol. The van der Waals surface area contributed by atoms with Gasteiger partial charge in [0.2, 0.25) is 5.88 Å². The Labute approximate surface area is 253 Å². The number of nitrogens with zero attached hydrogens (tertiary/aromatic N) is 2. The van der Waals surface area contributed by atoms with Crippen LogP contribution in [0.3, 0.4) is 0 Å². The number of fused-ring (bicyclic) bond motifs is 3. The van der Waals surface area contributed by atoms with E-state index in [0.717, 1.165) is 10.1 Å². The Kier molecular flexibility index (Phi) is 7.68. The standard InChI is InChI=1S/C29H12F9N2OS.Ir/c30-27(31,32)19-12-21(29(36,37)38)22(13-20(19)28(33,34)35)41-26-18-10-15-6-2-1-5-14(15)9-17(18)25(39-40-26)24-11-16-7-3-4-8-23(16)42-24;/h1-10,12-13H;/q-1;. The number of hydrogen-bond acceptors (Lipinski definition) is 4. The second-order valence-electron chi connectivity index (χ2n) is 9.14. The first-order valence-electron chi connectivity index (χ1n) is 11.9. The summed E-state index contributed by atoms with van der Waals surface area (Å²) in [5.41, 5.74) is -6.60. The molecule has 43 heavy (non-hydrogen) atoms. The Morgan fingerprint density at radius 2 is 1.19 bits per heavy atom. The fraction of sp³-hybridized carbons (Fsp3) is 0.103. The third-order valence-electron chi connectivity index (χ3n) is 6.42. The molecule has 223 valence electrons. The van der Waals surface area contributed by atoms with Crippen molar-refractivity contribution in [1.29, 1.82) is 0 Å². The van der Waals surface area contributed by atoms with Crippen molar-refractivity contribution in [3.8, 4) is 22.2 Å². The quantitative estimate of drug-likeness (QED) is 0.102. The van der Waals surface area contributed by atoms with Crippen molar-refractivity contribution in [3.05, 3.63) is 95.6 Å². The molecule has 4 aromatic carbocycles. The molecule has 0 fully saturated rings. The molecule has 0 atom stereocenters. The van der Waals surface area contributed by atoms with Gasteiger partial charge in [-0.3, -0.25) is 0 Å². The van der Waals surface area contributed by atoms with E-state index in [2.05, 4.69) is 16.3 Å². The van der Waals surface area contributed by atoms with Gasteiger partial charge in [-0.2, -0.15) is 44.6 Å². The largest absolute Gasteiger partial charge is 0.436 e. The summed E-state index contributed by atoms with van der Waals surface area (Å²) in [5.74, 6) is -2.13. The van der Waals surface area contributed by atoms with Crippen molar-refractivity contribution in [2.75, 3.05) is 0 Å². The smallest absolute Gasteiger partial charge is 0.420 e. The Hall–Kier alpha value is -3.74. The fourth-order valence-corrected chi connectivity index (χ4v) is 5.55. The van der Waals surface area contributed by atoms with E-state index in [4.69, 9.17) is 4.74 Å².